The highest BCUT2D eigenvalue weighted by molar-refractivity contribution is 7.89. The molecule has 33 heavy (non-hydrogen) atoms. The first-order chi connectivity index (χ1) is 15.8. The molecule has 0 unspecified atom stereocenters. The minimum atomic E-state index is -3.75. The molecule has 2 aromatic rings. The number of carbonyl (C=O) groups is 2. The van der Waals surface area contributed by atoms with Gasteiger partial charge >= 0.3 is 0 Å². The van der Waals surface area contributed by atoms with E-state index in [0.29, 0.717) is 37.4 Å². The number of benzene rings is 2. The van der Waals surface area contributed by atoms with Gasteiger partial charge in [-0.25, -0.2) is 8.42 Å². The Morgan fingerprint density at radius 1 is 1.09 bits per heavy atom. The summed E-state index contributed by atoms with van der Waals surface area (Å²) in [7, 11) is -2.19. The van der Waals surface area contributed by atoms with E-state index in [1.807, 2.05) is 0 Å². The zero-order valence-corrected chi connectivity index (χ0v) is 19.7. The Bertz CT molecular complexity index is 1160. The molecule has 0 saturated carbocycles. The van der Waals surface area contributed by atoms with Crippen LogP contribution in [0, 0.1) is 5.92 Å². The number of nitrogens with zero attached hydrogens (tertiary/aromatic N) is 2. The number of carbonyl (C=O) groups excluding carboxylic acids is 2. The Labute approximate surface area is 194 Å². The lowest BCUT2D eigenvalue weighted by atomic mass is 9.98. The van der Waals surface area contributed by atoms with Crippen LogP contribution >= 0.6 is 0 Å². The molecule has 0 spiro atoms. The summed E-state index contributed by atoms with van der Waals surface area (Å²) in [6.07, 6.45) is 2.76. The fraction of sp³-hybridized carbons (Fsp3) is 0.417. The zero-order valence-electron chi connectivity index (χ0n) is 18.9. The average Bonchev–Trinajstić information content (AvgIpc) is 2.83. The second-order valence-electron chi connectivity index (χ2n) is 8.49. The number of hydrogen-bond donors (Lipinski definition) is 1. The smallest absolute Gasteiger partial charge is 0.243 e. The highest BCUT2D eigenvalue weighted by atomic mass is 32.2. The Morgan fingerprint density at radius 2 is 1.91 bits per heavy atom. The normalized spacial score (nSPS) is 19.0. The summed E-state index contributed by atoms with van der Waals surface area (Å²) in [6.45, 7) is 2.67. The van der Waals surface area contributed by atoms with Crippen molar-refractivity contribution in [2.45, 2.75) is 37.5 Å². The molecular formula is C24H29N3O5S. The summed E-state index contributed by atoms with van der Waals surface area (Å²) in [6, 6.07) is 12.0. The minimum absolute atomic E-state index is 0.0486. The molecule has 2 aliphatic heterocycles. The average molecular weight is 472 g/mol. The van der Waals surface area contributed by atoms with Gasteiger partial charge in [-0.1, -0.05) is 6.07 Å². The maximum absolute atomic E-state index is 13.4. The maximum atomic E-state index is 13.4. The molecule has 1 saturated heterocycles. The number of rotatable bonds is 5. The first-order valence-corrected chi connectivity index (χ1v) is 12.6. The quantitative estimate of drug-likeness (QED) is 0.723. The van der Waals surface area contributed by atoms with Crippen molar-refractivity contribution in [3.63, 3.8) is 0 Å². The lowest BCUT2D eigenvalue weighted by Crippen LogP contribution is -2.43. The fourth-order valence-corrected chi connectivity index (χ4v) is 6.10. The van der Waals surface area contributed by atoms with Crippen LogP contribution in [-0.2, 0) is 26.0 Å². The van der Waals surface area contributed by atoms with E-state index in [1.54, 1.807) is 54.5 Å². The first-order valence-electron chi connectivity index (χ1n) is 11.2. The molecule has 0 aromatic heterocycles. The molecule has 0 radical (unpaired) electrons. The van der Waals surface area contributed by atoms with Gasteiger partial charge in [0.05, 0.1) is 17.9 Å². The van der Waals surface area contributed by atoms with Crippen molar-refractivity contribution >= 4 is 33.2 Å². The number of fused-ring (bicyclic) bond motifs is 1. The fourth-order valence-electron chi connectivity index (χ4n) is 4.53. The largest absolute Gasteiger partial charge is 0.497 e. The summed E-state index contributed by atoms with van der Waals surface area (Å²) < 4.78 is 33.4. The van der Waals surface area contributed by atoms with Crippen LogP contribution in [-0.4, -0.2) is 51.3 Å². The molecule has 176 valence electrons. The van der Waals surface area contributed by atoms with Crippen molar-refractivity contribution in [1.29, 1.82) is 0 Å². The Hall–Kier alpha value is -2.91. The molecular weight excluding hydrogens is 442 g/mol. The van der Waals surface area contributed by atoms with E-state index in [2.05, 4.69) is 5.32 Å². The van der Waals surface area contributed by atoms with Gasteiger partial charge in [-0.3, -0.25) is 9.59 Å². The van der Waals surface area contributed by atoms with Crippen molar-refractivity contribution in [2.75, 3.05) is 37.0 Å². The second-order valence-corrected chi connectivity index (χ2v) is 10.4. The van der Waals surface area contributed by atoms with Gasteiger partial charge in [0, 0.05) is 44.0 Å². The Kier molecular flexibility index (Phi) is 6.71. The Morgan fingerprint density at radius 3 is 2.67 bits per heavy atom. The van der Waals surface area contributed by atoms with Crippen LogP contribution in [0.25, 0.3) is 0 Å². The summed E-state index contributed by atoms with van der Waals surface area (Å²) in [4.78, 5) is 26.7. The number of nitrogens with one attached hydrogen (secondary N) is 1. The number of sulfonamides is 1. The van der Waals surface area contributed by atoms with E-state index >= 15 is 0 Å². The highest BCUT2D eigenvalue weighted by Crippen LogP contribution is 2.32. The number of hydrogen-bond acceptors (Lipinski definition) is 5. The molecule has 9 heteroatoms. The van der Waals surface area contributed by atoms with Gasteiger partial charge in [0.25, 0.3) is 0 Å². The van der Waals surface area contributed by atoms with Gasteiger partial charge in [-0.05, 0) is 61.6 Å². The summed E-state index contributed by atoms with van der Waals surface area (Å²) in [5.74, 6) is -0.0554. The Balaban J connectivity index is 1.50. The van der Waals surface area contributed by atoms with E-state index in [1.165, 1.54) is 11.2 Å². The van der Waals surface area contributed by atoms with Crippen LogP contribution in [0.4, 0.5) is 11.4 Å². The third-order valence-corrected chi connectivity index (χ3v) is 8.14. The van der Waals surface area contributed by atoms with Crippen molar-refractivity contribution in [3.8, 4) is 5.75 Å². The monoisotopic (exact) mass is 471 g/mol. The molecule has 1 fully saturated rings. The summed E-state index contributed by atoms with van der Waals surface area (Å²) in [5.41, 5.74) is 2.26. The van der Waals surface area contributed by atoms with Gasteiger partial charge in [0.2, 0.25) is 21.8 Å². The number of anilines is 2. The van der Waals surface area contributed by atoms with E-state index in [9.17, 15) is 18.0 Å². The van der Waals surface area contributed by atoms with Crippen LogP contribution < -0.4 is 15.0 Å². The van der Waals surface area contributed by atoms with Crippen molar-refractivity contribution in [3.05, 3.63) is 48.0 Å². The SMILES string of the molecule is COc1cccc(NC(=O)[C@H]2CCCN(S(=O)(=O)c3ccc4c(c3)CCCN4C(C)=O)C2)c1. The van der Waals surface area contributed by atoms with Crippen LogP contribution in [0.1, 0.15) is 31.7 Å². The van der Waals surface area contributed by atoms with Crippen molar-refractivity contribution < 1.29 is 22.7 Å². The topological polar surface area (TPSA) is 96.0 Å². The summed E-state index contributed by atoms with van der Waals surface area (Å²) >= 11 is 0. The molecule has 2 aromatic carbocycles. The third kappa shape index (κ3) is 4.89. The summed E-state index contributed by atoms with van der Waals surface area (Å²) in [5, 5.41) is 2.88. The zero-order chi connectivity index (χ0) is 23.6. The second kappa shape index (κ2) is 9.52. The molecule has 0 aliphatic carbocycles. The maximum Gasteiger partial charge on any atom is 0.243 e. The van der Waals surface area contributed by atoms with Crippen LogP contribution in [0.15, 0.2) is 47.4 Å². The van der Waals surface area contributed by atoms with E-state index in [4.69, 9.17) is 4.74 Å². The predicted octanol–water partition coefficient (Wildman–Crippen LogP) is 3.03. The number of ether oxygens (including phenoxy) is 1. The predicted molar refractivity (Wildman–Crippen MR) is 126 cm³/mol. The minimum Gasteiger partial charge on any atom is -0.497 e. The number of methoxy groups -OCH3 is 1. The molecule has 8 nitrogen and oxygen atoms in total. The third-order valence-electron chi connectivity index (χ3n) is 6.28. The molecule has 0 bridgehead atoms. The van der Waals surface area contributed by atoms with E-state index < -0.39 is 15.9 Å². The van der Waals surface area contributed by atoms with E-state index in [0.717, 1.165) is 24.1 Å². The number of aryl methyl sites for hydroxylation is 1. The highest BCUT2D eigenvalue weighted by Gasteiger charge is 2.34. The van der Waals surface area contributed by atoms with Gasteiger partial charge in [0.1, 0.15) is 5.75 Å². The van der Waals surface area contributed by atoms with E-state index in [-0.39, 0.29) is 23.3 Å². The van der Waals surface area contributed by atoms with Crippen molar-refractivity contribution in [2.24, 2.45) is 5.92 Å². The van der Waals surface area contributed by atoms with Gasteiger partial charge in [-0.2, -0.15) is 4.31 Å². The molecule has 2 aliphatic rings. The van der Waals surface area contributed by atoms with Crippen LogP contribution in [0.3, 0.4) is 0 Å². The first kappa shape index (κ1) is 23.3. The molecule has 1 N–H and O–H groups in total. The molecule has 2 heterocycles. The molecule has 2 amide bonds. The van der Waals surface area contributed by atoms with Gasteiger partial charge in [0.15, 0.2) is 0 Å². The van der Waals surface area contributed by atoms with Gasteiger partial charge in [-0.15, -0.1) is 0 Å². The van der Waals surface area contributed by atoms with Gasteiger partial charge < -0.3 is 15.0 Å². The van der Waals surface area contributed by atoms with Crippen LogP contribution in [0.5, 0.6) is 5.75 Å². The number of piperidine rings is 1. The molecule has 1 atom stereocenters. The van der Waals surface area contributed by atoms with Crippen LogP contribution in [0.2, 0.25) is 0 Å². The standard InChI is InChI=1S/C24H29N3O5S/c1-17(28)27-13-5-6-18-14-22(10-11-23(18)27)33(30,31)26-12-4-7-19(16-26)24(29)25-20-8-3-9-21(15-20)32-2/h3,8-11,14-15,19H,4-7,12-13,16H2,1-2H3,(H,25,29)/t19-/m0/s1. The lowest BCUT2D eigenvalue weighted by molar-refractivity contribution is -0.121. The van der Waals surface area contributed by atoms with Crippen molar-refractivity contribution in [1.82, 2.24) is 4.31 Å². The number of amides is 2. The molecule has 4 rings (SSSR count). The lowest BCUT2D eigenvalue weighted by Gasteiger charge is -2.32.